The molecular formula is C12H15F3N2O3S. The molecule has 2 atom stereocenters. The van der Waals surface area contributed by atoms with Crippen LogP contribution in [0.4, 0.5) is 18.9 Å². The van der Waals surface area contributed by atoms with Crippen LogP contribution in [-0.2, 0) is 14.6 Å². The maximum absolute atomic E-state index is 12.7. The lowest BCUT2D eigenvalue weighted by atomic mass is 10.2. The van der Waals surface area contributed by atoms with Crippen molar-refractivity contribution < 1.29 is 26.3 Å². The van der Waals surface area contributed by atoms with Crippen molar-refractivity contribution in [2.24, 2.45) is 0 Å². The minimum absolute atomic E-state index is 0.0782. The molecule has 5 nitrogen and oxygen atoms in total. The first-order chi connectivity index (χ1) is 9.77. The van der Waals surface area contributed by atoms with Crippen molar-refractivity contribution in [1.29, 1.82) is 0 Å². The number of anilines is 1. The van der Waals surface area contributed by atoms with Gasteiger partial charge < -0.3 is 15.4 Å². The number of methoxy groups -OCH3 is 1. The molecule has 1 aromatic rings. The highest BCUT2D eigenvalue weighted by atomic mass is 32.2. The van der Waals surface area contributed by atoms with Crippen molar-refractivity contribution in [2.45, 2.75) is 22.5 Å². The summed E-state index contributed by atoms with van der Waals surface area (Å²) in [5.41, 5.74) is -5.41. The van der Waals surface area contributed by atoms with Crippen molar-refractivity contribution >= 4 is 15.5 Å². The number of rotatable bonds is 4. The average molecular weight is 324 g/mol. The number of sulfone groups is 1. The van der Waals surface area contributed by atoms with Crippen LogP contribution in [0, 0.1) is 0 Å². The predicted octanol–water partition coefficient (Wildman–Crippen LogP) is 1.38. The van der Waals surface area contributed by atoms with Crippen molar-refractivity contribution in [3.63, 3.8) is 0 Å². The van der Waals surface area contributed by atoms with Gasteiger partial charge in [-0.3, -0.25) is 0 Å². The van der Waals surface area contributed by atoms with E-state index in [1.165, 1.54) is 25.3 Å². The van der Waals surface area contributed by atoms with Crippen LogP contribution >= 0.6 is 0 Å². The van der Waals surface area contributed by atoms with E-state index in [-0.39, 0.29) is 17.8 Å². The van der Waals surface area contributed by atoms with Crippen LogP contribution < -0.4 is 10.6 Å². The van der Waals surface area contributed by atoms with Gasteiger partial charge in [-0.05, 0) is 12.1 Å². The van der Waals surface area contributed by atoms with Crippen molar-refractivity contribution in [3.8, 4) is 0 Å². The summed E-state index contributed by atoms with van der Waals surface area (Å²) in [6.45, 7) is 1.02. The third-order valence-electron chi connectivity index (χ3n) is 3.28. The SMILES string of the molecule is CO[C@H]1CNCC1Nc1ccccc1S(=O)(=O)C(F)(F)F. The highest BCUT2D eigenvalue weighted by Gasteiger charge is 2.48. The maximum atomic E-state index is 12.7. The van der Waals surface area contributed by atoms with Gasteiger partial charge >= 0.3 is 5.51 Å². The molecule has 1 heterocycles. The molecule has 1 unspecified atom stereocenters. The van der Waals surface area contributed by atoms with Gasteiger partial charge in [-0.25, -0.2) is 8.42 Å². The van der Waals surface area contributed by atoms with Gasteiger partial charge in [0, 0.05) is 20.2 Å². The van der Waals surface area contributed by atoms with Gasteiger partial charge in [0.25, 0.3) is 9.84 Å². The molecule has 1 aromatic carbocycles. The topological polar surface area (TPSA) is 67.4 Å². The standard InChI is InChI=1S/C12H15F3N2O3S/c1-20-10-7-16-6-9(10)17-8-4-2-3-5-11(8)21(18,19)12(13,14)15/h2-5,9-10,16-17H,6-7H2,1H3/t9?,10-/m0/s1. The second-order valence-corrected chi connectivity index (χ2v) is 6.54. The molecule has 2 N–H and O–H groups in total. The van der Waals surface area contributed by atoms with Crippen molar-refractivity contribution in [1.82, 2.24) is 5.32 Å². The zero-order valence-corrected chi connectivity index (χ0v) is 12.0. The van der Waals surface area contributed by atoms with Crippen LogP contribution in [-0.4, -0.2) is 46.3 Å². The van der Waals surface area contributed by atoms with E-state index < -0.39 is 20.2 Å². The summed E-state index contributed by atoms with van der Waals surface area (Å²) in [5, 5.41) is 5.84. The van der Waals surface area contributed by atoms with Crippen LogP contribution in [0.2, 0.25) is 0 Å². The third-order valence-corrected chi connectivity index (χ3v) is 4.83. The molecule has 2 rings (SSSR count). The lowest BCUT2D eigenvalue weighted by Gasteiger charge is -2.21. The van der Waals surface area contributed by atoms with Gasteiger partial charge in [0.05, 0.1) is 22.7 Å². The van der Waals surface area contributed by atoms with E-state index in [1.54, 1.807) is 0 Å². The summed E-state index contributed by atoms with van der Waals surface area (Å²) in [5.74, 6) is 0. The molecule has 0 aromatic heterocycles. The molecule has 1 saturated heterocycles. The number of para-hydroxylation sites is 1. The monoisotopic (exact) mass is 324 g/mol. The minimum atomic E-state index is -5.40. The fourth-order valence-electron chi connectivity index (χ4n) is 2.19. The lowest BCUT2D eigenvalue weighted by molar-refractivity contribution is -0.0435. The number of hydrogen-bond acceptors (Lipinski definition) is 5. The number of ether oxygens (including phenoxy) is 1. The Hall–Kier alpha value is -1.32. The van der Waals surface area contributed by atoms with E-state index in [0.29, 0.717) is 13.1 Å². The Morgan fingerprint density at radius 2 is 1.95 bits per heavy atom. The zero-order chi connectivity index (χ0) is 15.7. The fourth-order valence-corrected chi connectivity index (χ4v) is 3.11. The molecule has 21 heavy (non-hydrogen) atoms. The zero-order valence-electron chi connectivity index (χ0n) is 11.1. The van der Waals surface area contributed by atoms with E-state index >= 15 is 0 Å². The molecule has 0 radical (unpaired) electrons. The minimum Gasteiger partial charge on any atom is -0.378 e. The number of hydrogen-bond donors (Lipinski definition) is 2. The smallest absolute Gasteiger partial charge is 0.378 e. The summed E-state index contributed by atoms with van der Waals surface area (Å²) < 4.78 is 66.5. The molecule has 1 fully saturated rings. The summed E-state index contributed by atoms with van der Waals surface area (Å²) >= 11 is 0. The van der Waals surface area contributed by atoms with Gasteiger partial charge in [0.15, 0.2) is 0 Å². The van der Waals surface area contributed by atoms with Crippen molar-refractivity contribution in [2.75, 3.05) is 25.5 Å². The molecule has 0 amide bonds. The number of nitrogens with one attached hydrogen (secondary N) is 2. The van der Waals surface area contributed by atoms with Gasteiger partial charge in [-0.15, -0.1) is 0 Å². The summed E-state index contributed by atoms with van der Waals surface area (Å²) in [4.78, 5) is -0.778. The summed E-state index contributed by atoms with van der Waals surface area (Å²) in [6.07, 6.45) is -0.244. The fraction of sp³-hybridized carbons (Fsp3) is 0.500. The van der Waals surface area contributed by atoms with Crippen LogP contribution in [0.25, 0.3) is 0 Å². The molecule has 118 valence electrons. The maximum Gasteiger partial charge on any atom is 0.501 e. The summed E-state index contributed by atoms with van der Waals surface area (Å²) in [6, 6.07) is 4.67. The molecule has 9 heteroatoms. The Bertz CT molecular complexity index is 604. The lowest BCUT2D eigenvalue weighted by Crippen LogP contribution is -2.34. The Kier molecular flexibility index (Phi) is 4.45. The van der Waals surface area contributed by atoms with Gasteiger partial charge in [0.2, 0.25) is 0 Å². The molecule has 0 bridgehead atoms. The number of benzene rings is 1. The van der Waals surface area contributed by atoms with Gasteiger partial charge in [0.1, 0.15) is 0 Å². The van der Waals surface area contributed by atoms with E-state index in [0.717, 1.165) is 6.07 Å². The van der Waals surface area contributed by atoms with Gasteiger partial charge in [-0.1, -0.05) is 12.1 Å². The van der Waals surface area contributed by atoms with Crippen LogP contribution in [0.5, 0.6) is 0 Å². The van der Waals surface area contributed by atoms with Crippen LogP contribution in [0.3, 0.4) is 0 Å². The molecule has 0 aliphatic carbocycles. The Balaban J connectivity index is 2.34. The second-order valence-electron chi connectivity index (χ2n) is 4.63. The van der Waals surface area contributed by atoms with E-state index in [1.807, 2.05) is 0 Å². The van der Waals surface area contributed by atoms with Crippen LogP contribution in [0.1, 0.15) is 0 Å². The second kappa shape index (κ2) is 5.82. The number of alkyl halides is 3. The first-order valence-corrected chi connectivity index (χ1v) is 7.66. The molecule has 1 aliphatic rings. The Morgan fingerprint density at radius 3 is 2.57 bits per heavy atom. The quantitative estimate of drug-likeness (QED) is 0.876. The average Bonchev–Trinajstić information content (AvgIpc) is 2.85. The molecule has 1 aliphatic heterocycles. The Labute approximate surface area is 120 Å². The first-order valence-electron chi connectivity index (χ1n) is 6.18. The third kappa shape index (κ3) is 3.14. The summed E-state index contributed by atoms with van der Waals surface area (Å²) in [7, 11) is -3.91. The van der Waals surface area contributed by atoms with E-state index in [4.69, 9.17) is 4.74 Å². The van der Waals surface area contributed by atoms with Gasteiger partial charge in [-0.2, -0.15) is 13.2 Å². The molecule has 0 saturated carbocycles. The first kappa shape index (κ1) is 16.1. The van der Waals surface area contributed by atoms with Crippen LogP contribution in [0.15, 0.2) is 29.2 Å². The van der Waals surface area contributed by atoms with E-state index in [9.17, 15) is 21.6 Å². The largest absolute Gasteiger partial charge is 0.501 e. The predicted molar refractivity (Wildman–Crippen MR) is 70.8 cm³/mol. The molecular weight excluding hydrogens is 309 g/mol. The number of halogens is 3. The molecule has 0 spiro atoms. The highest BCUT2D eigenvalue weighted by Crippen LogP contribution is 2.34. The normalized spacial score (nSPS) is 23.2. The Morgan fingerprint density at radius 1 is 1.29 bits per heavy atom. The van der Waals surface area contributed by atoms with E-state index in [2.05, 4.69) is 10.6 Å². The highest BCUT2D eigenvalue weighted by molar-refractivity contribution is 7.92. The van der Waals surface area contributed by atoms with Crippen molar-refractivity contribution in [3.05, 3.63) is 24.3 Å².